The van der Waals surface area contributed by atoms with Crippen LogP contribution in [0.15, 0.2) is 0 Å². The fraction of sp³-hybridized carbons (Fsp3) is 0.700. The molecule has 0 bridgehead atoms. The smallest absolute Gasteiger partial charge is 0.495 e. The quantitative estimate of drug-likeness (QED) is 0.662. The molecule has 6 nitrogen and oxygen atoms in total. The van der Waals surface area contributed by atoms with E-state index in [1.165, 1.54) is 0 Å². The maximum absolute atomic E-state index is 6.27. The molecule has 0 unspecified atom stereocenters. The van der Waals surface area contributed by atoms with Crippen molar-refractivity contribution in [2.75, 3.05) is 14.2 Å². The predicted molar refractivity (Wildman–Crippen MR) is 124 cm³/mol. The number of thiophene rings is 2. The van der Waals surface area contributed by atoms with Crippen LogP contribution in [-0.2, 0) is 18.6 Å². The number of hydrogen-bond donors (Lipinski definition) is 0. The van der Waals surface area contributed by atoms with Crippen LogP contribution in [0, 0.1) is 0 Å². The number of fused-ring (bicyclic) bond motifs is 1. The highest BCUT2D eigenvalue weighted by Gasteiger charge is 2.55. The first kappa shape index (κ1) is 22.4. The van der Waals surface area contributed by atoms with Crippen LogP contribution in [0.5, 0.6) is 11.5 Å². The minimum absolute atomic E-state index is 0.419. The van der Waals surface area contributed by atoms with Crippen molar-refractivity contribution in [2.45, 2.75) is 77.8 Å². The molecule has 2 fully saturated rings. The normalized spacial score (nSPS) is 24.1. The zero-order valence-electron chi connectivity index (χ0n) is 19.4. The molecule has 0 atom stereocenters. The van der Waals surface area contributed by atoms with Crippen molar-refractivity contribution in [1.82, 2.24) is 0 Å². The molecule has 0 aliphatic carbocycles. The van der Waals surface area contributed by atoms with E-state index in [4.69, 9.17) is 28.1 Å². The molecule has 4 rings (SSSR count). The molecule has 2 aliphatic rings. The van der Waals surface area contributed by atoms with Gasteiger partial charge in [-0.25, -0.2) is 0 Å². The zero-order chi connectivity index (χ0) is 22.3. The molecule has 10 heteroatoms. The average molecular weight is 452 g/mol. The molecular weight excluding hydrogens is 422 g/mol. The maximum atomic E-state index is 6.27. The zero-order valence-corrected chi connectivity index (χ0v) is 21.1. The highest BCUT2D eigenvalue weighted by molar-refractivity contribution is 7.37. The van der Waals surface area contributed by atoms with E-state index in [-0.39, 0.29) is 0 Å². The van der Waals surface area contributed by atoms with Crippen molar-refractivity contribution < 1.29 is 28.1 Å². The number of rotatable bonds is 4. The Bertz CT molecular complexity index is 868. The van der Waals surface area contributed by atoms with Crippen molar-refractivity contribution in [3.63, 3.8) is 0 Å². The summed E-state index contributed by atoms with van der Waals surface area (Å²) in [4.78, 5) is 0. The summed E-state index contributed by atoms with van der Waals surface area (Å²) >= 11 is 3.15. The van der Waals surface area contributed by atoms with Crippen molar-refractivity contribution in [3.8, 4) is 11.5 Å². The molecule has 2 aromatic heterocycles. The minimum Gasteiger partial charge on any atom is -0.495 e. The van der Waals surface area contributed by atoms with Gasteiger partial charge in [0, 0.05) is 0 Å². The topological polar surface area (TPSA) is 55.4 Å². The SMILES string of the molecule is COc1c(B2OC(C)(C)C(C)(C)O2)sc2c(OC)c(B3OC(C)(C)C(C)(C)O3)sc12. The third-order valence-corrected chi connectivity index (χ3v) is 9.35. The first-order chi connectivity index (χ1) is 13.7. The van der Waals surface area contributed by atoms with E-state index >= 15 is 0 Å². The second-order valence-corrected chi connectivity index (χ2v) is 11.9. The first-order valence-electron chi connectivity index (χ1n) is 10.1. The summed E-state index contributed by atoms with van der Waals surface area (Å²) in [6.07, 6.45) is 0. The van der Waals surface area contributed by atoms with Gasteiger partial charge in [-0.15, -0.1) is 22.7 Å². The monoisotopic (exact) mass is 452 g/mol. The summed E-state index contributed by atoms with van der Waals surface area (Å²) in [7, 11) is 2.38. The van der Waals surface area contributed by atoms with Gasteiger partial charge in [-0.3, -0.25) is 0 Å². The standard InChI is InChI=1S/C20H30B2O6S2/c1-17(2)18(3,4)26-21(25-17)15-11(23-9)13-14(29-15)12(24-10)16(30-13)22-27-19(5,6)20(7,8)28-22/h1-10H3. The Labute approximate surface area is 187 Å². The van der Waals surface area contributed by atoms with Crippen molar-refractivity contribution in [2.24, 2.45) is 0 Å². The first-order valence-corrected chi connectivity index (χ1v) is 11.8. The Morgan fingerprint density at radius 3 is 1.07 bits per heavy atom. The second-order valence-electron chi connectivity index (χ2n) is 9.83. The fourth-order valence-corrected chi connectivity index (χ4v) is 6.23. The summed E-state index contributed by atoms with van der Waals surface area (Å²) in [6.45, 7) is 16.4. The van der Waals surface area contributed by atoms with E-state index < -0.39 is 36.6 Å². The molecule has 30 heavy (non-hydrogen) atoms. The molecule has 0 spiro atoms. The molecular formula is C20H30B2O6S2. The average Bonchev–Trinajstić information content (AvgIpc) is 3.25. The summed E-state index contributed by atoms with van der Waals surface area (Å²) in [5.74, 6) is 1.53. The molecule has 4 heterocycles. The molecule has 0 radical (unpaired) electrons. The summed E-state index contributed by atoms with van der Waals surface area (Å²) in [6, 6.07) is 0. The molecule has 2 aliphatic heterocycles. The van der Waals surface area contributed by atoms with Gasteiger partial charge in [-0.2, -0.15) is 0 Å². The number of ether oxygens (including phenoxy) is 2. The lowest BCUT2D eigenvalue weighted by Crippen LogP contribution is -2.41. The summed E-state index contributed by atoms with van der Waals surface area (Å²) in [5.41, 5.74) is -1.67. The Morgan fingerprint density at radius 1 is 0.567 bits per heavy atom. The molecule has 0 saturated carbocycles. The van der Waals surface area contributed by atoms with E-state index in [9.17, 15) is 0 Å². The fourth-order valence-electron chi connectivity index (χ4n) is 3.53. The molecule has 2 aromatic rings. The predicted octanol–water partition coefficient (Wildman–Crippen LogP) is 3.58. The molecule has 0 amide bonds. The van der Waals surface area contributed by atoms with Gasteiger partial charge in [-0.1, -0.05) is 0 Å². The molecule has 164 valence electrons. The van der Waals surface area contributed by atoms with Crippen LogP contribution in [0.2, 0.25) is 0 Å². The van der Waals surface area contributed by atoms with Gasteiger partial charge in [-0.05, 0) is 55.4 Å². The maximum Gasteiger partial charge on any atom is 0.509 e. The van der Waals surface area contributed by atoms with Gasteiger partial charge in [0.2, 0.25) is 0 Å². The van der Waals surface area contributed by atoms with Gasteiger partial charge in [0.1, 0.15) is 11.5 Å². The van der Waals surface area contributed by atoms with Crippen LogP contribution in [-0.4, -0.2) is 50.9 Å². The Morgan fingerprint density at radius 2 is 0.833 bits per heavy atom. The molecule has 0 N–H and O–H groups in total. The van der Waals surface area contributed by atoms with E-state index in [0.717, 1.165) is 30.5 Å². The summed E-state index contributed by atoms with van der Waals surface area (Å²) < 4.78 is 40.6. The third-order valence-electron chi connectivity index (χ3n) is 6.83. The van der Waals surface area contributed by atoms with Gasteiger partial charge in [0.15, 0.2) is 0 Å². The van der Waals surface area contributed by atoms with Crippen LogP contribution in [0.25, 0.3) is 9.40 Å². The summed E-state index contributed by atoms with van der Waals surface area (Å²) in [5, 5.41) is 0. The van der Waals surface area contributed by atoms with Gasteiger partial charge in [0.05, 0.1) is 55.6 Å². The van der Waals surface area contributed by atoms with Crippen molar-refractivity contribution in [3.05, 3.63) is 0 Å². The van der Waals surface area contributed by atoms with Crippen molar-refractivity contribution in [1.29, 1.82) is 0 Å². The van der Waals surface area contributed by atoms with Gasteiger partial charge in [0.25, 0.3) is 0 Å². The lowest BCUT2D eigenvalue weighted by Gasteiger charge is -2.32. The highest BCUT2D eigenvalue weighted by atomic mass is 32.1. The van der Waals surface area contributed by atoms with Crippen LogP contribution >= 0.6 is 22.7 Å². The number of methoxy groups -OCH3 is 2. The van der Waals surface area contributed by atoms with E-state index in [0.29, 0.717) is 0 Å². The van der Waals surface area contributed by atoms with Crippen LogP contribution in [0.3, 0.4) is 0 Å². The van der Waals surface area contributed by atoms with E-state index in [2.05, 4.69) is 0 Å². The van der Waals surface area contributed by atoms with Gasteiger partial charge < -0.3 is 28.1 Å². The Balaban J connectivity index is 1.77. The largest absolute Gasteiger partial charge is 0.509 e. The Hall–Kier alpha value is -0.770. The van der Waals surface area contributed by atoms with Gasteiger partial charge >= 0.3 is 14.2 Å². The lowest BCUT2D eigenvalue weighted by atomic mass is 9.87. The lowest BCUT2D eigenvalue weighted by molar-refractivity contribution is 0.00578. The third kappa shape index (κ3) is 3.14. The minimum atomic E-state index is -0.487. The van der Waals surface area contributed by atoms with Crippen LogP contribution in [0.4, 0.5) is 0 Å². The Kier molecular flexibility index (Phi) is 5.13. The van der Waals surface area contributed by atoms with Crippen LogP contribution in [0.1, 0.15) is 55.4 Å². The second kappa shape index (κ2) is 6.86. The number of hydrogen-bond acceptors (Lipinski definition) is 8. The molecule has 2 saturated heterocycles. The van der Waals surface area contributed by atoms with E-state index in [1.54, 1.807) is 36.9 Å². The molecule has 0 aromatic carbocycles. The highest BCUT2D eigenvalue weighted by Crippen LogP contribution is 2.46. The van der Waals surface area contributed by atoms with Crippen molar-refractivity contribution >= 4 is 55.9 Å². The van der Waals surface area contributed by atoms with Crippen LogP contribution < -0.4 is 19.0 Å². The van der Waals surface area contributed by atoms with E-state index in [1.807, 2.05) is 55.4 Å².